The number of carbonyl (C=O) groups excluding carboxylic acids is 2. The van der Waals surface area contributed by atoms with Crippen LogP contribution in [0.2, 0.25) is 0 Å². The summed E-state index contributed by atoms with van der Waals surface area (Å²) in [6.45, 7) is 6.21. The molecule has 0 aliphatic heterocycles. The Bertz CT molecular complexity index is 518. The lowest BCUT2D eigenvalue weighted by molar-refractivity contribution is -0.124. The first-order chi connectivity index (χ1) is 9.37. The molecule has 0 atom stereocenters. The molecule has 1 fully saturated rings. The van der Waals surface area contributed by atoms with Gasteiger partial charge in [0, 0.05) is 17.6 Å². The van der Waals surface area contributed by atoms with Gasteiger partial charge in [-0.15, -0.1) is 11.8 Å². The van der Waals surface area contributed by atoms with Crippen LogP contribution in [0.5, 0.6) is 0 Å². The van der Waals surface area contributed by atoms with Crippen molar-refractivity contribution in [1.29, 1.82) is 0 Å². The van der Waals surface area contributed by atoms with Crippen molar-refractivity contribution in [2.75, 3.05) is 0 Å². The topological polar surface area (TPSA) is 34.1 Å². The Morgan fingerprint density at radius 3 is 2.10 bits per heavy atom. The van der Waals surface area contributed by atoms with Gasteiger partial charge < -0.3 is 0 Å². The SMILES string of the molecule is CC(C)(C)SC=C1C(=O)CC(c2ccccc2)CC1=O. The normalized spacial score (nSPS) is 20.1. The third-order valence-corrected chi connectivity index (χ3v) is 4.33. The third kappa shape index (κ3) is 3.83. The first kappa shape index (κ1) is 15.0. The molecule has 0 radical (unpaired) electrons. The van der Waals surface area contributed by atoms with Crippen LogP contribution in [0.3, 0.4) is 0 Å². The van der Waals surface area contributed by atoms with Crippen molar-refractivity contribution < 1.29 is 9.59 Å². The zero-order valence-corrected chi connectivity index (χ0v) is 13.0. The van der Waals surface area contributed by atoms with Gasteiger partial charge in [-0.1, -0.05) is 51.1 Å². The van der Waals surface area contributed by atoms with E-state index in [-0.39, 0.29) is 22.2 Å². The van der Waals surface area contributed by atoms with Gasteiger partial charge in [0.25, 0.3) is 0 Å². The van der Waals surface area contributed by atoms with Gasteiger partial charge >= 0.3 is 0 Å². The molecule has 0 unspecified atom stereocenters. The van der Waals surface area contributed by atoms with Crippen LogP contribution in [0.25, 0.3) is 0 Å². The van der Waals surface area contributed by atoms with Gasteiger partial charge in [-0.05, 0) is 16.9 Å². The molecule has 1 saturated carbocycles. The summed E-state index contributed by atoms with van der Waals surface area (Å²) in [5, 5.41) is 1.76. The molecule has 1 aliphatic carbocycles. The molecular weight excluding hydrogens is 268 g/mol. The number of carbonyl (C=O) groups is 2. The Morgan fingerprint density at radius 2 is 1.60 bits per heavy atom. The summed E-state index contributed by atoms with van der Waals surface area (Å²) in [5.41, 5.74) is 1.47. The minimum Gasteiger partial charge on any atom is -0.294 e. The lowest BCUT2D eigenvalue weighted by atomic mass is 9.80. The van der Waals surface area contributed by atoms with Crippen LogP contribution in [-0.2, 0) is 9.59 Å². The summed E-state index contributed by atoms with van der Waals surface area (Å²) in [4.78, 5) is 24.4. The molecule has 1 aromatic carbocycles. The lowest BCUT2D eigenvalue weighted by Gasteiger charge is -2.23. The maximum Gasteiger partial charge on any atom is 0.167 e. The van der Waals surface area contributed by atoms with Gasteiger partial charge in [-0.2, -0.15) is 0 Å². The molecule has 0 aromatic heterocycles. The second kappa shape index (κ2) is 5.96. The zero-order chi connectivity index (χ0) is 14.8. The molecule has 1 aliphatic rings. The fraction of sp³-hybridized carbons (Fsp3) is 0.412. The number of benzene rings is 1. The molecule has 0 bridgehead atoms. The quantitative estimate of drug-likeness (QED) is 0.606. The van der Waals surface area contributed by atoms with Gasteiger partial charge in [0.15, 0.2) is 11.6 Å². The van der Waals surface area contributed by atoms with Crippen molar-refractivity contribution in [3.63, 3.8) is 0 Å². The molecule has 0 amide bonds. The predicted molar refractivity (Wildman–Crippen MR) is 83.9 cm³/mol. The average Bonchev–Trinajstić information content (AvgIpc) is 2.37. The highest BCUT2D eigenvalue weighted by molar-refractivity contribution is 8.03. The van der Waals surface area contributed by atoms with Gasteiger partial charge in [0.05, 0.1) is 5.57 Å². The largest absolute Gasteiger partial charge is 0.294 e. The number of hydrogen-bond acceptors (Lipinski definition) is 3. The van der Waals surface area contributed by atoms with Crippen LogP contribution in [0.4, 0.5) is 0 Å². The summed E-state index contributed by atoms with van der Waals surface area (Å²) in [6, 6.07) is 9.82. The second-order valence-corrected chi connectivity index (χ2v) is 7.82. The minimum absolute atomic E-state index is 0.0177. The van der Waals surface area contributed by atoms with E-state index in [2.05, 4.69) is 20.8 Å². The number of ketones is 2. The van der Waals surface area contributed by atoms with Gasteiger partial charge in [-0.25, -0.2) is 0 Å². The predicted octanol–water partition coefficient (Wildman–Crippen LogP) is 4.12. The van der Waals surface area contributed by atoms with Crippen molar-refractivity contribution in [3.05, 3.63) is 46.9 Å². The zero-order valence-electron chi connectivity index (χ0n) is 12.2. The van der Waals surface area contributed by atoms with Crippen LogP contribution in [-0.4, -0.2) is 16.3 Å². The van der Waals surface area contributed by atoms with E-state index in [0.717, 1.165) is 5.56 Å². The first-order valence-corrected chi connectivity index (χ1v) is 7.74. The summed E-state index contributed by atoms with van der Waals surface area (Å²) in [5.74, 6) is -0.00769. The molecule has 20 heavy (non-hydrogen) atoms. The Labute approximate surface area is 124 Å². The van der Waals surface area contributed by atoms with E-state index < -0.39 is 0 Å². The molecule has 0 N–H and O–H groups in total. The fourth-order valence-electron chi connectivity index (χ4n) is 2.22. The third-order valence-electron chi connectivity index (χ3n) is 3.27. The Kier molecular flexibility index (Phi) is 4.48. The van der Waals surface area contributed by atoms with Crippen molar-refractivity contribution >= 4 is 23.3 Å². The van der Waals surface area contributed by atoms with Crippen molar-refractivity contribution in [2.24, 2.45) is 0 Å². The van der Waals surface area contributed by atoms with Crippen molar-refractivity contribution in [3.8, 4) is 0 Å². The molecule has 0 spiro atoms. The standard InChI is InChI=1S/C17H20O2S/c1-17(2,3)20-11-14-15(18)9-13(10-16(14)19)12-7-5-4-6-8-12/h4-8,11,13H,9-10H2,1-3H3. The average molecular weight is 288 g/mol. The van der Waals surface area contributed by atoms with Crippen molar-refractivity contribution in [2.45, 2.75) is 44.3 Å². The van der Waals surface area contributed by atoms with E-state index in [1.807, 2.05) is 30.3 Å². The monoisotopic (exact) mass is 288 g/mol. The number of hydrogen-bond donors (Lipinski definition) is 0. The van der Waals surface area contributed by atoms with E-state index >= 15 is 0 Å². The molecule has 2 nitrogen and oxygen atoms in total. The number of Topliss-reactive ketones (excluding diaryl/α,β-unsaturated/α-hetero) is 2. The molecule has 3 heteroatoms. The van der Waals surface area contributed by atoms with Gasteiger partial charge in [-0.3, -0.25) is 9.59 Å². The van der Waals surface area contributed by atoms with Crippen LogP contribution in [0.1, 0.15) is 45.1 Å². The molecule has 0 saturated heterocycles. The summed E-state index contributed by atoms with van der Waals surface area (Å²) in [6.07, 6.45) is 0.874. The molecular formula is C17H20O2S. The number of allylic oxidation sites excluding steroid dienone is 1. The number of thioether (sulfide) groups is 1. The van der Waals surface area contributed by atoms with Crippen LogP contribution >= 0.6 is 11.8 Å². The fourth-order valence-corrected chi connectivity index (χ4v) is 2.96. The molecule has 2 rings (SSSR count). The highest BCUT2D eigenvalue weighted by atomic mass is 32.2. The highest BCUT2D eigenvalue weighted by Gasteiger charge is 2.31. The molecule has 1 aromatic rings. The maximum atomic E-state index is 12.2. The van der Waals surface area contributed by atoms with Crippen LogP contribution in [0.15, 0.2) is 41.3 Å². The first-order valence-electron chi connectivity index (χ1n) is 6.86. The van der Waals surface area contributed by atoms with Crippen molar-refractivity contribution in [1.82, 2.24) is 0 Å². The summed E-state index contributed by atoms with van der Waals surface area (Å²) in [7, 11) is 0. The molecule has 106 valence electrons. The van der Waals surface area contributed by atoms with Gasteiger partial charge in [0.1, 0.15) is 0 Å². The van der Waals surface area contributed by atoms with E-state index in [1.165, 1.54) is 0 Å². The van der Waals surface area contributed by atoms with E-state index in [0.29, 0.717) is 18.4 Å². The Hall–Kier alpha value is -1.35. The second-order valence-electron chi connectivity index (χ2n) is 6.12. The maximum absolute atomic E-state index is 12.2. The molecule has 0 heterocycles. The van der Waals surface area contributed by atoms with Crippen LogP contribution < -0.4 is 0 Å². The highest BCUT2D eigenvalue weighted by Crippen LogP contribution is 2.34. The summed E-state index contributed by atoms with van der Waals surface area (Å²) >= 11 is 1.54. The number of rotatable bonds is 2. The van der Waals surface area contributed by atoms with E-state index in [1.54, 1.807) is 17.2 Å². The van der Waals surface area contributed by atoms with E-state index in [9.17, 15) is 9.59 Å². The minimum atomic E-state index is -0.0214. The Balaban J connectivity index is 2.13. The Morgan fingerprint density at radius 1 is 1.05 bits per heavy atom. The lowest BCUT2D eigenvalue weighted by Crippen LogP contribution is -2.24. The van der Waals surface area contributed by atoms with E-state index in [4.69, 9.17) is 0 Å². The summed E-state index contributed by atoms with van der Waals surface area (Å²) < 4.78 is 0.0177. The smallest absolute Gasteiger partial charge is 0.167 e. The van der Waals surface area contributed by atoms with Crippen LogP contribution in [0, 0.1) is 0 Å². The van der Waals surface area contributed by atoms with Gasteiger partial charge in [0.2, 0.25) is 0 Å².